The molecular weight excluding hydrogens is 272 g/mol. The zero-order valence-corrected chi connectivity index (χ0v) is 13.5. The van der Waals surface area contributed by atoms with E-state index in [1.54, 1.807) is 7.11 Å². The summed E-state index contributed by atoms with van der Waals surface area (Å²) in [5, 5.41) is 6.05. The number of hydrogen-bond acceptors (Lipinski definition) is 3. The van der Waals surface area contributed by atoms with E-state index in [2.05, 4.69) is 46.6 Å². The van der Waals surface area contributed by atoms with Gasteiger partial charge in [-0.2, -0.15) is 0 Å². The summed E-state index contributed by atoms with van der Waals surface area (Å²) in [7, 11) is 1.77. The molecule has 0 amide bonds. The molecule has 0 aromatic heterocycles. The maximum Gasteiger partial charge on any atom is 0.122 e. The van der Waals surface area contributed by atoms with Crippen molar-refractivity contribution in [1.29, 1.82) is 0 Å². The highest BCUT2D eigenvalue weighted by atomic mass is 16.5. The number of fused-ring (bicyclic) bond motifs is 1. The normalized spacial score (nSPS) is 16.0. The van der Waals surface area contributed by atoms with Crippen LogP contribution in [0.2, 0.25) is 0 Å². The summed E-state index contributed by atoms with van der Waals surface area (Å²) in [4.78, 5) is 2.57. The van der Waals surface area contributed by atoms with Crippen molar-refractivity contribution in [3.05, 3.63) is 42.0 Å². The number of piperazine rings is 1. The minimum absolute atomic E-state index is 1.03. The summed E-state index contributed by atoms with van der Waals surface area (Å²) in [5.74, 6) is 1.03. The predicted molar refractivity (Wildman–Crippen MR) is 92.7 cm³/mol. The lowest BCUT2D eigenvalue weighted by atomic mass is 9.99. The fourth-order valence-corrected chi connectivity index (χ4v) is 3.34. The van der Waals surface area contributed by atoms with Gasteiger partial charge in [-0.05, 0) is 42.6 Å². The molecule has 0 spiro atoms. The second-order valence-corrected chi connectivity index (χ2v) is 6.02. The van der Waals surface area contributed by atoms with Gasteiger partial charge in [0.2, 0.25) is 0 Å². The van der Waals surface area contributed by atoms with E-state index in [1.807, 2.05) is 0 Å². The molecule has 1 aliphatic rings. The maximum absolute atomic E-state index is 5.58. The average Bonchev–Trinajstić information content (AvgIpc) is 2.59. The zero-order chi connectivity index (χ0) is 15.2. The van der Waals surface area contributed by atoms with E-state index in [4.69, 9.17) is 4.74 Å². The maximum atomic E-state index is 5.58. The first kappa shape index (κ1) is 15.3. The van der Waals surface area contributed by atoms with Crippen LogP contribution in [-0.4, -0.2) is 44.7 Å². The summed E-state index contributed by atoms with van der Waals surface area (Å²) in [6.45, 7) is 5.87. The molecule has 0 saturated carbocycles. The van der Waals surface area contributed by atoms with E-state index < -0.39 is 0 Å². The van der Waals surface area contributed by atoms with Gasteiger partial charge in [-0.15, -0.1) is 0 Å². The molecule has 1 heterocycles. The smallest absolute Gasteiger partial charge is 0.122 e. The third-order valence-electron chi connectivity index (χ3n) is 4.58. The average molecular weight is 298 g/mol. The molecule has 0 aliphatic carbocycles. The van der Waals surface area contributed by atoms with E-state index in [9.17, 15) is 0 Å². The first-order valence-corrected chi connectivity index (χ1v) is 8.36. The molecule has 0 radical (unpaired) electrons. The molecule has 1 saturated heterocycles. The quantitative estimate of drug-likeness (QED) is 0.830. The van der Waals surface area contributed by atoms with Crippen LogP contribution in [0, 0.1) is 0 Å². The highest BCUT2D eigenvalue weighted by Gasteiger charge is 2.10. The first-order valence-electron chi connectivity index (χ1n) is 8.36. The van der Waals surface area contributed by atoms with Gasteiger partial charge in [0.15, 0.2) is 0 Å². The van der Waals surface area contributed by atoms with Crippen molar-refractivity contribution in [3.8, 4) is 5.75 Å². The van der Waals surface area contributed by atoms with Crippen LogP contribution in [0.1, 0.15) is 18.4 Å². The van der Waals surface area contributed by atoms with Gasteiger partial charge in [-0.25, -0.2) is 0 Å². The van der Waals surface area contributed by atoms with Gasteiger partial charge in [0.25, 0.3) is 0 Å². The van der Waals surface area contributed by atoms with Crippen molar-refractivity contribution >= 4 is 10.8 Å². The molecule has 22 heavy (non-hydrogen) atoms. The van der Waals surface area contributed by atoms with Crippen LogP contribution in [0.5, 0.6) is 5.75 Å². The van der Waals surface area contributed by atoms with E-state index in [1.165, 1.54) is 48.8 Å². The van der Waals surface area contributed by atoms with E-state index in [0.29, 0.717) is 0 Å². The second-order valence-electron chi connectivity index (χ2n) is 6.02. The number of nitrogens with zero attached hydrogens (tertiary/aromatic N) is 1. The number of ether oxygens (including phenoxy) is 1. The molecule has 2 aromatic carbocycles. The third-order valence-corrected chi connectivity index (χ3v) is 4.58. The van der Waals surface area contributed by atoms with Crippen LogP contribution in [-0.2, 0) is 6.42 Å². The molecular formula is C19H26N2O. The van der Waals surface area contributed by atoms with Crippen LogP contribution in [0.25, 0.3) is 10.8 Å². The minimum Gasteiger partial charge on any atom is -0.496 e. The Morgan fingerprint density at radius 3 is 2.68 bits per heavy atom. The number of rotatable bonds is 6. The largest absolute Gasteiger partial charge is 0.496 e. The Morgan fingerprint density at radius 1 is 1.05 bits per heavy atom. The number of hydrogen-bond donors (Lipinski definition) is 1. The highest BCUT2D eigenvalue weighted by Crippen LogP contribution is 2.29. The van der Waals surface area contributed by atoms with Gasteiger partial charge in [0, 0.05) is 31.7 Å². The Labute approximate surface area is 133 Å². The van der Waals surface area contributed by atoms with Crippen LogP contribution in [0.3, 0.4) is 0 Å². The standard InChI is InChI=1S/C19H26N2O/c1-22-19-10-9-16-6-2-3-7-17(16)18(19)8-4-5-13-21-14-11-20-12-15-21/h2-3,6-7,9-10,20H,4-5,8,11-15H2,1H3. The fraction of sp³-hybridized carbons (Fsp3) is 0.474. The van der Waals surface area contributed by atoms with Crippen LogP contribution in [0.15, 0.2) is 36.4 Å². The molecule has 3 nitrogen and oxygen atoms in total. The Hall–Kier alpha value is -1.58. The Balaban J connectivity index is 1.62. The lowest BCUT2D eigenvalue weighted by Crippen LogP contribution is -2.43. The minimum atomic E-state index is 1.03. The molecule has 3 heteroatoms. The molecule has 2 aromatic rings. The summed E-state index contributed by atoms with van der Waals surface area (Å²) in [6, 6.07) is 12.9. The van der Waals surface area contributed by atoms with Crippen molar-refractivity contribution in [3.63, 3.8) is 0 Å². The topological polar surface area (TPSA) is 24.5 Å². The van der Waals surface area contributed by atoms with Gasteiger partial charge in [0.05, 0.1) is 7.11 Å². The summed E-state index contributed by atoms with van der Waals surface area (Å²) in [6.07, 6.45) is 3.57. The van der Waals surface area contributed by atoms with Crippen molar-refractivity contribution in [2.45, 2.75) is 19.3 Å². The fourth-order valence-electron chi connectivity index (χ4n) is 3.34. The summed E-state index contributed by atoms with van der Waals surface area (Å²) >= 11 is 0. The Bertz CT molecular complexity index is 605. The second kappa shape index (κ2) is 7.61. The van der Waals surface area contributed by atoms with Crippen molar-refractivity contribution in [2.24, 2.45) is 0 Å². The predicted octanol–water partition coefficient (Wildman–Crippen LogP) is 3.08. The van der Waals surface area contributed by atoms with Gasteiger partial charge in [0.1, 0.15) is 5.75 Å². The monoisotopic (exact) mass is 298 g/mol. The summed E-state index contributed by atoms with van der Waals surface area (Å²) in [5.41, 5.74) is 1.36. The van der Waals surface area contributed by atoms with Crippen LogP contribution < -0.4 is 10.1 Å². The number of nitrogens with one attached hydrogen (secondary N) is 1. The van der Waals surface area contributed by atoms with Gasteiger partial charge < -0.3 is 15.0 Å². The summed E-state index contributed by atoms with van der Waals surface area (Å²) < 4.78 is 5.58. The Morgan fingerprint density at radius 2 is 1.86 bits per heavy atom. The van der Waals surface area contributed by atoms with Crippen LogP contribution >= 0.6 is 0 Å². The molecule has 3 rings (SSSR count). The van der Waals surface area contributed by atoms with Crippen molar-refractivity contribution in [1.82, 2.24) is 10.2 Å². The lowest BCUT2D eigenvalue weighted by Gasteiger charge is -2.27. The molecule has 0 bridgehead atoms. The molecule has 118 valence electrons. The van der Waals surface area contributed by atoms with Crippen molar-refractivity contribution in [2.75, 3.05) is 39.8 Å². The molecule has 1 aliphatic heterocycles. The lowest BCUT2D eigenvalue weighted by molar-refractivity contribution is 0.237. The number of aryl methyl sites for hydroxylation is 1. The van der Waals surface area contributed by atoms with E-state index in [-0.39, 0.29) is 0 Å². The first-order chi connectivity index (χ1) is 10.9. The zero-order valence-electron chi connectivity index (χ0n) is 13.5. The van der Waals surface area contributed by atoms with E-state index >= 15 is 0 Å². The van der Waals surface area contributed by atoms with Crippen molar-refractivity contribution < 1.29 is 4.74 Å². The molecule has 0 unspecified atom stereocenters. The van der Waals surface area contributed by atoms with Gasteiger partial charge >= 0.3 is 0 Å². The van der Waals surface area contributed by atoms with E-state index in [0.717, 1.165) is 25.3 Å². The highest BCUT2D eigenvalue weighted by molar-refractivity contribution is 5.87. The molecule has 1 N–H and O–H groups in total. The van der Waals surface area contributed by atoms with Gasteiger partial charge in [-0.1, -0.05) is 30.3 Å². The number of methoxy groups -OCH3 is 1. The van der Waals surface area contributed by atoms with Gasteiger partial charge in [-0.3, -0.25) is 0 Å². The number of benzene rings is 2. The third kappa shape index (κ3) is 3.60. The number of unbranched alkanes of at least 4 members (excludes halogenated alkanes) is 1. The Kier molecular flexibility index (Phi) is 5.30. The molecule has 0 atom stereocenters. The molecule has 1 fully saturated rings. The van der Waals surface area contributed by atoms with Crippen LogP contribution in [0.4, 0.5) is 0 Å². The SMILES string of the molecule is COc1ccc2ccccc2c1CCCCN1CCNCC1.